The molecule has 1 fully saturated rings. The Balaban J connectivity index is 1.34. The molecule has 30 heavy (non-hydrogen) atoms. The molecule has 1 aliphatic carbocycles. The summed E-state index contributed by atoms with van der Waals surface area (Å²) in [5.41, 5.74) is 0.639. The number of hydrogen-bond donors (Lipinski definition) is 1. The summed E-state index contributed by atoms with van der Waals surface area (Å²) in [6, 6.07) is 10.1. The molecule has 3 aromatic rings. The third kappa shape index (κ3) is 5.02. The second kappa shape index (κ2) is 8.14. The van der Waals surface area contributed by atoms with Crippen LogP contribution in [0.3, 0.4) is 0 Å². The number of rotatable bonds is 7. The third-order valence-corrected chi connectivity index (χ3v) is 5.07. The molecule has 1 aromatic carbocycles. The molecule has 1 amide bonds. The molecule has 158 valence electrons. The van der Waals surface area contributed by atoms with Gasteiger partial charge in [0.05, 0.1) is 6.54 Å². The highest BCUT2D eigenvalue weighted by Gasteiger charge is 2.37. The minimum absolute atomic E-state index is 0.00272. The Labute approximate surface area is 175 Å². The number of anilines is 1. The molecule has 1 aliphatic rings. The predicted molar refractivity (Wildman–Crippen MR) is 105 cm³/mol. The van der Waals surface area contributed by atoms with Gasteiger partial charge >= 0.3 is 6.18 Å². The summed E-state index contributed by atoms with van der Waals surface area (Å²) >= 11 is 5.87. The van der Waals surface area contributed by atoms with Gasteiger partial charge in [-0.2, -0.15) is 23.4 Å². The van der Waals surface area contributed by atoms with Crippen molar-refractivity contribution in [3.8, 4) is 0 Å². The van der Waals surface area contributed by atoms with Crippen molar-refractivity contribution in [1.29, 1.82) is 0 Å². The molecule has 0 atom stereocenters. The quantitative estimate of drug-likeness (QED) is 0.582. The summed E-state index contributed by atoms with van der Waals surface area (Å²) in [5.74, 6) is 0.144. The van der Waals surface area contributed by atoms with Gasteiger partial charge in [0.1, 0.15) is 0 Å². The van der Waals surface area contributed by atoms with E-state index >= 15 is 0 Å². The Morgan fingerprint density at radius 3 is 2.57 bits per heavy atom. The molecule has 2 heterocycles. The lowest BCUT2D eigenvalue weighted by Gasteiger charge is -2.07. The van der Waals surface area contributed by atoms with E-state index in [1.807, 2.05) is 12.1 Å². The number of hydrogen-bond acceptors (Lipinski definition) is 3. The van der Waals surface area contributed by atoms with Crippen LogP contribution in [-0.4, -0.2) is 25.5 Å². The molecule has 0 bridgehead atoms. The van der Waals surface area contributed by atoms with Crippen LogP contribution in [0.5, 0.6) is 0 Å². The van der Waals surface area contributed by atoms with Crippen molar-refractivity contribution in [2.24, 2.45) is 0 Å². The van der Waals surface area contributed by atoms with Crippen LogP contribution in [0.2, 0.25) is 5.02 Å². The minimum Gasteiger partial charge on any atom is -0.309 e. The van der Waals surface area contributed by atoms with Gasteiger partial charge in [-0.15, -0.1) is 0 Å². The molecule has 0 spiro atoms. The van der Waals surface area contributed by atoms with Gasteiger partial charge in [0, 0.05) is 41.9 Å². The van der Waals surface area contributed by atoms with E-state index in [0.29, 0.717) is 23.1 Å². The first-order valence-corrected chi connectivity index (χ1v) is 9.88. The largest absolute Gasteiger partial charge is 0.435 e. The molecule has 0 aliphatic heterocycles. The van der Waals surface area contributed by atoms with Crippen LogP contribution in [0.25, 0.3) is 0 Å². The minimum atomic E-state index is -4.49. The van der Waals surface area contributed by atoms with Crippen LogP contribution >= 0.6 is 11.6 Å². The number of benzene rings is 1. The molecular formula is C20H19ClF3N5O. The summed E-state index contributed by atoms with van der Waals surface area (Å²) < 4.78 is 41.9. The van der Waals surface area contributed by atoms with Crippen molar-refractivity contribution in [3.63, 3.8) is 0 Å². The van der Waals surface area contributed by atoms with Crippen LogP contribution in [0.4, 0.5) is 19.0 Å². The molecule has 0 saturated heterocycles. The standard InChI is InChI=1S/C20H19ClF3N5O/c21-15-5-1-13(2-6-15)12-28-9-7-18(27-28)25-19(30)8-10-29-16(14-3-4-14)11-17(26-29)20(22,23)24/h1-2,5-7,9,11,14H,3-4,8,10,12H2,(H,25,27,30). The zero-order valence-corrected chi connectivity index (χ0v) is 16.6. The molecule has 10 heteroatoms. The first-order chi connectivity index (χ1) is 14.3. The van der Waals surface area contributed by atoms with E-state index in [1.165, 1.54) is 4.68 Å². The normalized spacial score (nSPS) is 14.1. The summed E-state index contributed by atoms with van der Waals surface area (Å²) in [5, 5.41) is 11.3. The first-order valence-electron chi connectivity index (χ1n) is 9.50. The SMILES string of the molecule is O=C(CCn1nc(C(F)(F)F)cc1C1CC1)Nc1ccn(Cc2ccc(Cl)cc2)n1. The molecular weight excluding hydrogens is 419 g/mol. The third-order valence-electron chi connectivity index (χ3n) is 4.81. The topological polar surface area (TPSA) is 64.7 Å². The summed E-state index contributed by atoms with van der Waals surface area (Å²) in [6.45, 7) is 0.602. The number of halogens is 4. The van der Waals surface area contributed by atoms with Crippen molar-refractivity contribution >= 4 is 23.3 Å². The second-order valence-electron chi connectivity index (χ2n) is 7.27. The highest BCUT2D eigenvalue weighted by molar-refractivity contribution is 6.30. The predicted octanol–water partition coefficient (Wildman–Crippen LogP) is 4.71. The Hall–Kier alpha value is -2.81. The fourth-order valence-electron chi connectivity index (χ4n) is 3.16. The molecule has 1 saturated carbocycles. The van der Waals surface area contributed by atoms with Gasteiger partial charge in [-0.25, -0.2) is 0 Å². The van der Waals surface area contributed by atoms with Crippen LogP contribution in [-0.2, 0) is 24.1 Å². The maximum atomic E-state index is 13.0. The van der Waals surface area contributed by atoms with Gasteiger partial charge in [-0.05, 0) is 36.6 Å². The molecule has 2 aromatic heterocycles. The number of amides is 1. The number of aryl methyl sites for hydroxylation is 1. The highest BCUT2D eigenvalue weighted by atomic mass is 35.5. The first kappa shape index (κ1) is 20.5. The van der Waals surface area contributed by atoms with E-state index in [-0.39, 0.29) is 24.8 Å². The van der Waals surface area contributed by atoms with Crippen molar-refractivity contribution < 1.29 is 18.0 Å². The molecule has 6 nitrogen and oxygen atoms in total. The van der Waals surface area contributed by atoms with Crippen LogP contribution in [0.15, 0.2) is 42.6 Å². The van der Waals surface area contributed by atoms with Crippen molar-refractivity contribution in [2.45, 2.75) is 44.4 Å². The Bertz CT molecular complexity index is 1040. The average Bonchev–Trinajstić information content (AvgIpc) is 3.28. The van der Waals surface area contributed by atoms with E-state index < -0.39 is 11.9 Å². The van der Waals surface area contributed by atoms with Gasteiger partial charge in [0.25, 0.3) is 0 Å². The zero-order chi connectivity index (χ0) is 21.3. The maximum absolute atomic E-state index is 13.0. The number of carbonyl (C=O) groups is 1. The van der Waals surface area contributed by atoms with E-state index in [0.717, 1.165) is 24.5 Å². The number of nitrogens with zero attached hydrogens (tertiary/aromatic N) is 4. The van der Waals surface area contributed by atoms with Crippen LogP contribution < -0.4 is 5.32 Å². The van der Waals surface area contributed by atoms with Crippen LogP contribution in [0, 0.1) is 0 Å². The number of carbonyl (C=O) groups excluding carboxylic acids is 1. The highest BCUT2D eigenvalue weighted by Crippen LogP contribution is 2.42. The molecule has 4 rings (SSSR count). The van der Waals surface area contributed by atoms with Crippen molar-refractivity contribution in [3.05, 3.63) is 64.6 Å². The summed E-state index contributed by atoms with van der Waals surface area (Å²) in [7, 11) is 0. The van der Waals surface area contributed by atoms with E-state index in [9.17, 15) is 18.0 Å². The Kier molecular flexibility index (Phi) is 5.55. The molecule has 1 N–H and O–H groups in total. The van der Waals surface area contributed by atoms with Gasteiger partial charge in [0.15, 0.2) is 11.5 Å². The van der Waals surface area contributed by atoms with Gasteiger partial charge < -0.3 is 5.32 Å². The lowest BCUT2D eigenvalue weighted by Crippen LogP contribution is -2.17. The number of nitrogens with one attached hydrogen (secondary N) is 1. The smallest absolute Gasteiger partial charge is 0.309 e. The lowest BCUT2D eigenvalue weighted by molar-refractivity contribution is -0.141. The summed E-state index contributed by atoms with van der Waals surface area (Å²) in [4.78, 5) is 12.3. The van der Waals surface area contributed by atoms with Crippen LogP contribution in [0.1, 0.15) is 42.1 Å². The molecule has 0 unspecified atom stereocenters. The number of alkyl halides is 3. The summed E-state index contributed by atoms with van der Waals surface area (Å²) in [6.07, 6.45) is -1.06. The average molecular weight is 438 g/mol. The van der Waals surface area contributed by atoms with Gasteiger partial charge in [-0.1, -0.05) is 23.7 Å². The van der Waals surface area contributed by atoms with Gasteiger partial charge in [0.2, 0.25) is 5.91 Å². The lowest BCUT2D eigenvalue weighted by atomic mass is 10.2. The van der Waals surface area contributed by atoms with E-state index in [1.54, 1.807) is 29.1 Å². The Morgan fingerprint density at radius 2 is 1.90 bits per heavy atom. The van der Waals surface area contributed by atoms with E-state index in [4.69, 9.17) is 11.6 Å². The van der Waals surface area contributed by atoms with Crippen molar-refractivity contribution in [2.75, 3.05) is 5.32 Å². The van der Waals surface area contributed by atoms with E-state index in [2.05, 4.69) is 15.5 Å². The fraction of sp³-hybridized carbons (Fsp3) is 0.350. The Morgan fingerprint density at radius 1 is 1.17 bits per heavy atom. The zero-order valence-electron chi connectivity index (χ0n) is 15.9. The fourth-order valence-corrected chi connectivity index (χ4v) is 3.29. The number of aromatic nitrogens is 4. The van der Waals surface area contributed by atoms with Crippen molar-refractivity contribution in [1.82, 2.24) is 19.6 Å². The second-order valence-corrected chi connectivity index (χ2v) is 7.71. The molecule has 0 radical (unpaired) electrons. The monoisotopic (exact) mass is 437 g/mol. The van der Waals surface area contributed by atoms with Gasteiger partial charge in [-0.3, -0.25) is 14.2 Å². The maximum Gasteiger partial charge on any atom is 0.435 e.